The Kier molecular flexibility index (Phi) is 8.26. The van der Waals surface area contributed by atoms with Crippen molar-refractivity contribution < 1.29 is 24.1 Å². The third kappa shape index (κ3) is 5.84. The van der Waals surface area contributed by atoms with E-state index in [9.17, 15) is 29.0 Å². The number of amides is 1. The van der Waals surface area contributed by atoms with Crippen molar-refractivity contribution in [3.8, 4) is 11.5 Å². The van der Waals surface area contributed by atoms with Crippen LogP contribution in [-0.4, -0.2) is 31.9 Å². The average Bonchev–Trinajstić information content (AvgIpc) is 3.51. The molecule has 10 heteroatoms. The van der Waals surface area contributed by atoms with E-state index in [1.807, 2.05) is 44.2 Å². The van der Waals surface area contributed by atoms with Gasteiger partial charge in [0.1, 0.15) is 17.7 Å². The van der Waals surface area contributed by atoms with Crippen LogP contribution in [0.15, 0.2) is 82.5 Å². The minimum atomic E-state index is -1.05. The summed E-state index contributed by atoms with van der Waals surface area (Å²) in [5, 5.41) is 20.9. The zero-order valence-electron chi connectivity index (χ0n) is 23.4. The molecule has 0 spiro atoms. The molecule has 0 aliphatic carbocycles. The van der Waals surface area contributed by atoms with Gasteiger partial charge in [-0.15, -0.1) is 0 Å². The van der Waals surface area contributed by atoms with Crippen LogP contribution in [0.2, 0.25) is 0 Å². The van der Waals surface area contributed by atoms with Gasteiger partial charge in [-0.25, -0.2) is 4.79 Å². The molecule has 4 aromatic rings. The quantitative estimate of drug-likeness (QED) is 0.310. The van der Waals surface area contributed by atoms with Crippen molar-refractivity contribution in [3.05, 3.63) is 122 Å². The first-order valence-electron chi connectivity index (χ1n) is 13.8. The molecule has 1 unspecified atom stereocenters. The van der Waals surface area contributed by atoms with Crippen molar-refractivity contribution in [2.45, 2.75) is 51.9 Å². The maximum atomic E-state index is 14.5. The molecule has 1 amide bonds. The van der Waals surface area contributed by atoms with E-state index in [4.69, 9.17) is 4.74 Å². The lowest BCUT2D eigenvalue weighted by atomic mass is 9.98. The maximum absolute atomic E-state index is 14.5. The van der Waals surface area contributed by atoms with Gasteiger partial charge in [0.15, 0.2) is 0 Å². The smallest absolute Gasteiger partial charge is 0.333 e. The van der Waals surface area contributed by atoms with Crippen LogP contribution >= 0.6 is 0 Å². The van der Waals surface area contributed by atoms with E-state index in [2.05, 4.69) is 0 Å². The summed E-state index contributed by atoms with van der Waals surface area (Å²) >= 11 is 0. The third-order valence-corrected chi connectivity index (χ3v) is 7.38. The van der Waals surface area contributed by atoms with Gasteiger partial charge in [-0.3, -0.25) is 18.7 Å². The normalized spacial score (nSPS) is 14.8. The van der Waals surface area contributed by atoms with Gasteiger partial charge < -0.3 is 19.8 Å². The van der Waals surface area contributed by atoms with Crippen LogP contribution in [0.1, 0.15) is 65.9 Å². The first-order valence-corrected chi connectivity index (χ1v) is 13.8. The van der Waals surface area contributed by atoms with E-state index in [1.165, 1.54) is 17.0 Å². The lowest BCUT2D eigenvalue weighted by molar-refractivity contribution is 0.0504. The number of anilines is 1. The fourth-order valence-electron chi connectivity index (χ4n) is 5.10. The highest BCUT2D eigenvalue weighted by molar-refractivity contribution is 6.08. The van der Waals surface area contributed by atoms with Gasteiger partial charge in [0.05, 0.1) is 24.8 Å². The molecule has 5 rings (SSSR count). The van der Waals surface area contributed by atoms with Crippen LogP contribution in [-0.2, 0) is 17.8 Å². The number of nitrogens with zero attached hydrogens (tertiary/aromatic N) is 3. The Bertz CT molecular complexity index is 1710. The zero-order chi connectivity index (χ0) is 30.0. The molecule has 1 atom stereocenters. The molecule has 9 nitrogen and oxygen atoms in total. The van der Waals surface area contributed by atoms with Crippen LogP contribution < -0.4 is 16.1 Å². The largest absolute Gasteiger partial charge is 0.508 e. The van der Waals surface area contributed by atoms with Crippen LogP contribution in [0, 0.1) is 5.82 Å². The summed E-state index contributed by atoms with van der Waals surface area (Å²) in [4.78, 5) is 41.0. The standard InChI is InChI=1S/C32H32FN3O6/c1-20(2)24-15-25(28(38)16-27(24)37)30(39)34(17-21-7-4-3-5-8-21)23-12-10-22(11-13-23)18-36-31(40)26(33)19-35(32(36)41)29-9-6-14-42-29/h3-5,7-8,10-13,15-16,19-20,29,37-38H,6,9,14,17-18H2,1-2H3. The van der Waals surface area contributed by atoms with Crippen molar-refractivity contribution in [3.63, 3.8) is 0 Å². The molecule has 2 N–H and O–H groups in total. The molecule has 1 aliphatic heterocycles. The summed E-state index contributed by atoms with van der Waals surface area (Å²) in [5.74, 6) is -2.05. The Hall–Kier alpha value is -4.70. The minimum Gasteiger partial charge on any atom is -0.508 e. The van der Waals surface area contributed by atoms with E-state index >= 15 is 0 Å². The SMILES string of the molecule is CC(C)c1cc(C(=O)N(Cc2ccccc2)c2ccc(Cn3c(=O)c(F)cn(C4CCCO4)c3=O)cc2)c(O)cc1O. The number of carbonyl (C=O) groups excluding carboxylic acids is 1. The highest BCUT2D eigenvalue weighted by atomic mass is 19.1. The lowest BCUT2D eigenvalue weighted by Gasteiger charge is -2.25. The Morgan fingerprint density at radius 2 is 1.74 bits per heavy atom. The summed E-state index contributed by atoms with van der Waals surface area (Å²) in [6.07, 6.45) is 1.56. The number of rotatable bonds is 8. The topological polar surface area (TPSA) is 114 Å². The van der Waals surface area contributed by atoms with Gasteiger partial charge in [0, 0.05) is 18.4 Å². The fourth-order valence-corrected chi connectivity index (χ4v) is 5.10. The van der Waals surface area contributed by atoms with Crippen molar-refractivity contribution >= 4 is 11.6 Å². The highest BCUT2D eigenvalue weighted by Gasteiger charge is 2.25. The predicted molar refractivity (Wildman–Crippen MR) is 156 cm³/mol. The molecule has 0 bridgehead atoms. The Balaban J connectivity index is 1.49. The average molecular weight is 574 g/mol. The summed E-state index contributed by atoms with van der Waals surface area (Å²) < 4.78 is 22.0. The number of hydrogen-bond acceptors (Lipinski definition) is 6. The number of aromatic hydroxyl groups is 2. The second-order valence-corrected chi connectivity index (χ2v) is 10.7. The molecule has 0 radical (unpaired) electrons. The maximum Gasteiger partial charge on any atom is 0.333 e. The number of phenolic OH excluding ortho intramolecular Hbond substituents is 2. The minimum absolute atomic E-state index is 0.0394. The molecule has 1 fully saturated rings. The summed E-state index contributed by atoms with van der Waals surface area (Å²) in [5.41, 5.74) is 0.764. The van der Waals surface area contributed by atoms with Crippen LogP contribution in [0.4, 0.5) is 10.1 Å². The van der Waals surface area contributed by atoms with E-state index in [0.29, 0.717) is 29.8 Å². The molecular formula is C32H32FN3O6. The Morgan fingerprint density at radius 3 is 2.38 bits per heavy atom. The van der Waals surface area contributed by atoms with Crippen molar-refractivity contribution in [2.24, 2.45) is 0 Å². The van der Waals surface area contributed by atoms with E-state index in [0.717, 1.165) is 27.3 Å². The van der Waals surface area contributed by atoms with Gasteiger partial charge in [0.25, 0.3) is 11.5 Å². The Morgan fingerprint density at radius 1 is 1.02 bits per heavy atom. The van der Waals surface area contributed by atoms with E-state index in [1.54, 1.807) is 24.3 Å². The van der Waals surface area contributed by atoms with Crippen molar-refractivity contribution in [1.82, 2.24) is 9.13 Å². The fraction of sp³-hybridized carbons (Fsp3) is 0.281. The number of halogens is 1. The van der Waals surface area contributed by atoms with Crippen LogP contribution in [0.3, 0.4) is 0 Å². The zero-order valence-corrected chi connectivity index (χ0v) is 23.4. The second-order valence-electron chi connectivity index (χ2n) is 10.7. The molecule has 1 saturated heterocycles. The van der Waals surface area contributed by atoms with Crippen molar-refractivity contribution in [1.29, 1.82) is 0 Å². The van der Waals surface area contributed by atoms with E-state index in [-0.39, 0.29) is 36.1 Å². The molecule has 42 heavy (non-hydrogen) atoms. The molecule has 218 valence electrons. The molecule has 2 heterocycles. The van der Waals surface area contributed by atoms with Gasteiger partial charge in [0.2, 0.25) is 5.82 Å². The second kappa shape index (κ2) is 12.0. The predicted octanol–water partition coefficient (Wildman–Crippen LogP) is 4.89. The number of aromatic nitrogens is 2. The van der Waals surface area contributed by atoms with Crippen molar-refractivity contribution in [2.75, 3.05) is 11.5 Å². The van der Waals surface area contributed by atoms with Gasteiger partial charge >= 0.3 is 5.69 Å². The molecule has 1 aromatic heterocycles. The highest BCUT2D eigenvalue weighted by Crippen LogP contribution is 2.34. The summed E-state index contributed by atoms with van der Waals surface area (Å²) in [7, 11) is 0. The van der Waals surface area contributed by atoms with Crippen LogP contribution in [0.5, 0.6) is 11.5 Å². The summed E-state index contributed by atoms with van der Waals surface area (Å²) in [6, 6.07) is 18.7. The molecule has 3 aromatic carbocycles. The number of phenols is 2. The first kappa shape index (κ1) is 28.8. The van der Waals surface area contributed by atoms with E-state index < -0.39 is 29.2 Å². The molecular weight excluding hydrogens is 541 g/mol. The molecule has 0 saturated carbocycles. The van der Waals surface area contributed by atoms with Gasteiger partial charge in [-0.2, -0.15) is 4.39 Å². The first-order chi connectivity index (χ1) is 20.1. The number of hydrogen-bond donors (Lipinski definition) is 2. The Labute approximate surface area is 241 Å². The monoisotopic (exact) mass is 573 g/mol. The van der Waals surface area contributed by atoms with Gasteiger partial charge in [-0.05, 0) is 53.6 Å². The number of benzene rings is 3. The molecule has 1 aliphatic rings. The summed E-state index contributed by atoms with van der Waals surface area (Å²) in [6.45, 7) is 4.22. The van der Waals surface area contributed by atoms with Gasteiger partial charge in [-0.1, -0.05) is 56.3 Å². The van der Waals surface area contributed by atoms with Crippen LogP contribution in [0.25, 0.3) is 0 Å². The third-order valence-electron chi connectivity index (χ3n) is 7.38. The number of ether oxygens (including phenoxy) is 1. The lowest BCUT2D eigenvalue weighted by Crippen LogP contribution is -2.42. The number of carbonyl (C=O) groups is 1.